The highest BCUT2D eigenvalue weighted by Crippen LogP contribution is 2.13. The van der Waals surface area contributed by atoms with E-state index in [-0.39, 0.29) is 25.0 Å². The van der Waals surface area contributed by atoms with Crippen LogP contribution in [-0.2, 0) is 23.9 Å². The summed E-state index contributed by atoms with van der Waals surface area (Å²) in [6.07, 6.45) is 40.7. The Balaban J connectivity index is 4.12. The van der Waals surface area contributed by atoms with Crippen LogP contribution in [0.3, 0.4) is 0 Å². The Hall–Kier alpha value is -2.15. The first-order valence-corrected chi connectivity index (χ1v) is 20.9. The molecule has 0 aromatic rings. The van der Waals surface area contributed by atoms with Crippen LogP contribution in [0.4, 0.5) is 0 Å². The lowest BCUT2D eigenvalue weighted by Gasteiger charge is -2.23. The van der Waals surface area contributed by atoms with Crippen molar-refractivity contribution in [2.45, 2.75) is 206 Å². The number of carboxylic acids is 1. The van der Waals surface area contributed by atoms with Crippen LogP contribution in [0.2, 0.25) is 0 Å². The number of hydrogen-bond acceptors (Lipinski definition) is 6. The number of carbonyl (C=O) groups excluding carboxylic acids is 2. The molecule has 0 aliphatic rings. The van der Waals surface area contributed by atoms with Crippen molar-refractivity contribution in [3.05, 3.63) is 24.3 Å². The summed E-state index contributed by atoms with van der Waals surface area (Å²) in [7, 11) is 1.79. The Bertz CT molecular complexity index is 841. The normalized spacial score (nSPS) is 12.3. The fourth-order valence-electron chi connectivity index (χ4n) is 6.03. The first-order chi connectivity index (χ1) is 24.4. The molecule has 7 nitrogen and oxygen atoms in total. The molecule has 0 aliphatic carbocycles. The zero-order chi connectivity index (χ0) is 36.8. The quantitative estimate of drug-likeness (QED) is 0.0388. The van der Waals surface area contributed by atoms with Crippen LogP contribution in [0.1, 0.15) is 200 Å². The number of rotatable bonds is 38. The van der Waals surface area contributed by atoms with Crippen molar-refractivity contribution in [3.63, 3.8) is 0 Å². The van der Waals surface area contributed by atoms with Gasteiger partial charge in [0.05, 0.1) is 6.42 Å². The van der Waals surface area contributed by atoms with Gasteiger partial charge in [-0.2, -0.15) is 0 Å². The molecule has 7 heteroatoms. The minimum absolute atomic E-state index is 0.000561. The average molecular weight is 706 g/mol. The number of nitrogens with zero attached hydrogens (tertiary/aromatic N) is 1. The minimum Gasteiger partial charge on any atom is -0.481 e. The molecule has 1 atom stereocenters. The predicted molar refractivity (Wildman–Crippen MR) is 209 cm³/mol. The van der Waals surface area contributed by atoms with Gasteiger partial charge < -0.3 is 19.5 Å². The molecule has 0 amide bonds. The number of carbonyl (C=O) groups is 3. The van der Waals surface area contributed by atoms with Crippen molar-refractivity contribution < 1.29 is 29.0 Å². The smallest absolute Gasteiger partial charge is 0.306 e. The van der Waals surface area contributed by atoms with E-state index < -0.39 is 12.1 Å². The van der Waals surface area contributed by atoms with E-state index in [0.29, 0.717) is 25.9 Å². The lowest BCUT2D eigenvalue weighted by molar-refractivity contribution is -0.160. The van der Waals surface area contributed by atoms with E-state index in [1.165, 1.54) is 116 Å². The fraction of sp³-hybridized carbons (Fsp3) is 0.837. The Labute approximate surface area is 308 Å². The number of hydrogen-bond donors (Lipinski definition) is 1. The second kappa shape index (κ2) is 38.1. The molecule has 0 spiro atoms. The fourth-order valence-corrected chi connectivity index (χ4v) is 6.03. The lowest BCUT2D eigenvalue weighted by Crippen LogP contribution is -2.37. The molecule has 0 radical (unpaired) electrons. The summed E-state index contributed by atoms with van der Waals surface area (Å²) in [5, 5.41) is 9.02. The van der Waals surface area contributed by atoms with E-state index in [4.69, 9.17) is 14.6 Å². The standard InChI is InChI=1S/C43H79NO6/c1-4-6-8-10-12-14-16-18-20-22-24-26-28-30-32-34-42(47)49-39-40(38-44(3)37-36-41(45)46)50-43(48)35-33-31-29-27-25-23-21-19-17-15-13-11-9-7-5-2/h18-21,40H,4-17,22-39H2,1-3H3,(H,45,46)/b20-18-,21-19-. The summed E-state index contributed by atoms with van der Waals surface area (Å²) in [5.41, 5.74) is 0. The first kappa shape index (κ1) is 47.8. The second-order valence-corrected chi connectivity index (χ2v) is 14.4. The second-order valence-electron chi connectivity index (χ2n) is 14.4. The number of carboxylic acid groups (broad SMARTS) is 1. The number of likely N-dealkylation sites (N-methyl/N-ethyl adjacent to an activating group) is 1. The third kappa shape index (κ3) is 37.1. The zero-order valence-electron chi connectivity index (χ0n) is 32.9. The molecule has 0 saturated carbocycles. The minimum atomic E-state index is -0.874. The number of unbranched alkanes of at least 4 members (excludes halogenated alkanes) is 22. The Morgan fingerprint density at radius 1 is 0.540 bits per heavy atom. The molecule has 0 aliphatic heterocycles. The number of aliphatic carboxylic acids is 1. The number of allylic oxidation sites excluding steroid dienone is 4. The molecule has 1 unspecified atom stereocenters. The van der Waals surface area contributed by atoms with Crippen LogP contribution in [0, 0.1) is 0 Å². The van der Waals surface area contributed by atoms with Gasteiger partial charge in [-0.1, -0.05) is 141 Å². The molecule has 0 rings (SSSR count). The van der Waals surface area contributed by atoms with Crippen molar-refractivity contribution >= 4 is 17.9 Å². The summed E-state index contributed by atoms with van der Waals surface area (Å²) in [6.45, 7) is 5.17. The summed E-state index contributed by atoms with van der Waals surface area (Å²) in [5.74, 6) is -1.43. The number of ether oxygens (including phenoxy) is 2. The van der Waals surface area contributed by atoms with Gasteiger partial charge in [-0.3, -0.25) is 14.4 Å². The summed E-state index contributed by atoms with van der Waals surface area (Å²) >= 11 is 0. The van der Waals surface area contributed by atoms with Gasteiger partial charge in [0.25, 0.3) is 0 Å². The molecule has 0 saturated heterocycles. The molecule has 0 bridgehead atoms. The monoisotopic (exact) mass is 706 g/mol. The maximum absolute atomic E-state index is 12.6. The van der Waals surface area contributed by atoms with Gasteiger partial charge >= 0.3 is 17.9 Å². The molecule has 0 heterocycles. The molecular weight excluding hydrogens is 626 g/mol. The molecule has 292 valence electrons. The van der Waals surface area contributed by atoms with Gasteiger partial charge in [-0.15, -0.1) is 0 Å². The van der Waals surface area contributed by atoms with Crippen molar-refractivity contribution in [3.8, 4) is 0 Å². The van der Waals surface area contributed by atoms with Crippen molar-refractivity contribution in [1.29, 1.82) is 0 Å². The molecule has 0 aromatic carbocycles. The molecule has 0 aromatic heterocycles. The lowest BCUT2D eigenvalue weighted by atomic mass is 10.1. The van der Waals surface area contributed by atoms with Gasteiger partial charge in [-0.25, -0.2) is 0 Å². The maximum Gasteiger partial charge on any atom is 0.306 e. The summed E-state index contributed by atoms with van der Waals surface area (Å²) < 4.78 is 11.2. The van der Waals surface area contributed by atoms with Crippen LogP contribution in [0.5, 0.6) is 0 Å². The molecular formula is C43H79NO6. The highest BCUT2D eigenvalue weighted by molar-refractivity contribution is 5.70. The van der Waals surface area contributed by atoms with Crippen LogP contribution < -0.4 is 0 Å². The van der Waals surface area contributed by atoms with Gasteiger partial charge in [0.1, 0.15) is 12.7 Å². The third-order valence-electron chi connectivity index (χ3n) is 9.24. The topological polar surface area (TPSA) is 93.1 Å². The van der Waals surface area contributed by atoms with E-state index in [1.54, 1.807) is 7.05 Å². The van der Waals surface area contributed by atoms with E-state index in [2.05, 4.69) is 38.2 Å². The highest BCUT2D eigenvalue weighted by Gasteiger charge is 2.19. The van der Waals surface area contributed by atoms with Crippen molar-refractivity contribution in [2.75, 3.05) is 26.7 Å². The Morgan fingerprint density at radius 3 is 1.34 bits per heavy atom. The SMILES string of the molecule is CCCCCCCC/C=C\CCCCCCCC(=O)OCC(CN(C)CCC(=O)O)OC(=O)CCCCCCC/C=C\CCCCCCCC. The van der Waals surface area contributed by atoms with Crippen LogP contribution in [0.15, 0.2) is 24.3 Å². The summed E-state index contributed by atoms with van der Waals surface area (Å²) in [6, 6.07) is 0. The van der Waals surface area contributed by atoms with Gasteiger partial charge in [0.15, 0.2) is 0 Å². The van der Waals surface area contributed by atoms with Crippen LogP contribution >= 0.6 is 0 Å². The van der Waals surface area contributed by atoms with Gasteiger partial charge in [-0.05, 0) is 71.3 Å². The summed E-state index contributed by atoms with van der Waals surface area (Å²) in [4.78, 5) is 37.9. The Kier molecular flexibility index (Phi) is 36.5. The van der Waals surface area contributed by atoms with Crippen LogP contribution in [-0.4, -0.2) is 60.8 Å². The average Bonchev–Trinajstić information content (AvgIpc) is 3.09. The Morgan fingerprint density at radius 2 is 0.920 bits per heavy atom. The number of esters is 2. The maximum atomic E-state index is 12.6. The largest absolute Gasteiger partial charge is 0.481 e. The van der Waals surface area contributed by atoms with Gasteiger partial charge in [0.2, 0.25) is 0 Å². The highest BCUT2D eigenvalue weighted by atomic mass is 16.6. The zero-order valence-corrected chi connectivity index (χ0v) is 32.9. The van der Waals surface area contributed by atoms with E-state index in [9.17, 15) is 14.4 Å². The van der Waals surface area contributed by atoms with E-state index in [1.807, 2.05) is 4.90 Å². The first-order valence-electron chi connectivity index (χ1n) is 20.9. The van der Waals surface area contributed by atoms with Crippen molar-refractivity contribution in [1.82, 2.24) is 4.90 Å². The molecule has 50 heavy (non-hydrogen) atoms. The van der Waals surface area contributed by atoms with Crippen LogP contribution in [0.25, 0.3) is 0 Å². The van der Waals surface area contributed by atoms with Gasteiger partial charge in [0, 0.05) is 25.9 Å². The molecule has 0 fully saturated rings. The molecule has 1 N–H and O–H groups in total. The predicted octanol–water partition coefficient (Wildman–Crippen LogP) is 11.9. The van der Waals surface area contributed by atoms with E-state index >= 15 is 0 Å². The van der Waals surface area contributed by atoms with Crippen molar-refractivity contribution in [2.24, 2.45) is 0 Å². The third-order valence-corrected chi connectivity index (χ3v) is 9.24. The van der Waals surface area contributed by atoms with E-state index in [0.717, 1.165) is 51.4 Å².